The summed E-state index contributed by atoms with van der Waals surface area (Å²) in [6.45, 7) is 8.80. The van der Waals surface area contributed by atoms with Crippen LogP contribution < -0.4 is 4.90 Å². The molecule has 0 bridgehead atoms. The third-order valence-corrected chi connectivity index (χ3v) is 4.16. The first-order valence-corrected chi connectivity index (χ1v) is 8.19. The summed E-state index contributed by atoms with van der Waals surface area (Å²) in [6.07, 6.45) is 1.79. The van der Waals surface area contributed by atoms with Gasteiger partial charge in [-0.25, -0.2) is 4.98 Å². The molecule has 1 fully saturated rings. The van der Waals surface area contributed by atoms with E-state index in [1.807, 2.05) is 41.8 Å². The van der Waals surface area contributed by atoms with Gasteiger partial charge < -0.3 is 9.80 Å². The monoisotopic (exact) mass is 315 g/mol. The molecule has 0 aromatic carbocycles. The number of nitrogens with zero attached hydrogens (tertiary/aromatic N) is 5. The van der Waals surface area contributed by atoms with Gasteiger partial charge in [0.05, 0.1) is 18.5 Å². The summed E-state index contributed by atoms with van der Waals surface area (Å²) in [6, 6.07) is 8.11. The summed E-state index contributed by atoms with van der Waals surface area (Å²) >= 11 is 0. The highest BCUT2D eigenvalue weighted by molar-refractivity contribution is 5.78. The van der Waals surface area contributed by atoms with E-state index in [0.717, 1.165) is 38.5 Å². The molecule has 2 rings (SSSR count). The van der Waals surface area contributed by atoms with Gasteiger partial charge in [-0.1, -0.05) is 13.0 Å². The van der Waals surface area contributed by atoms with E-state index >= 15 is 0 Å². The summed E-state index contributed by atoms with van der Waals surface area (Å²) in [7, 11) is 0. The first-order chi connectivity index (χ1) is 11.1. The summed E-state index contributed by atoms with van der Waals surface area (Å²) < 4.78 is 0. The van der Waals surface area contributed by atoms with Crippen LogP contribution in [0.1, 0.15) is 13.8 Å². The van der Waals surface area contributed by atoms with E-state index in [0.29, 0.717) is 13.1 Å². The molecule has 1 aliphatic rings. The van der Waals surface area contributed by atoms with Crippen molar-refractivity contribution in [3.05, 3.63) is 24.4 Å². The third kappa shape index (κ3) is 4.93. The maximum Gasteiger partial charge on any atom is 0.236 e. The molecule has 1 aromatic heterocycles. The van der Waals surface area contributed by atoms with Crippen LogP contribution in [0, 0.1) is 17.2 Å². The number of piperazine rings is 1. The topological polar surface area (TPSA) is 63.5 Å². The molecule has 0 saturated carbocycles. The molecule has 1 unspecified atom stereocenters. The molecule has 6 heteroatoms. The lowest BCUT2D eigenvalue weighted by molar-refractivity contribution is -0.132. The third-order valence-electron chi connectivity index (χ3n) is 4.16. The lowest BCUT2D eigenvalue weighted by atomic mass is 10.2. The van der Waals surface area contributed by atoms with Gasteiger partial charge in [0.15, 0.2) is 0 Å². The van der Waals surface area contributed by atoms with Gasteiger partial charge in [-0.05, 0) is 25.6 Å². The Hall–Kier alpha value is -2.13. The molecule has 124 valence electrons. The zero-order chi connectivity index (χ0) is 16.7. The maximum absolute atomic E-state index is 12.4. The van der Waals surface area contributed by atoms with Crippen molar-refractivity contribution in [2.75, 3.05) is 50.7 Å². The molecule has 2 heterocycles. The Morgan fingerprint density at radius 1 is 1.39 bits per heavy atom. The van der Waals surface area contributed by atoms with Crippen molar-refractivity contribution in [1.29, 1.82) is 5.26 Å². The molecule has 0 aliphatic carbocycles. The Labute approximate surface area is 138 Å². The van der Waals surface area contributed by atoms with E-state index in [4.69, 9.17) is 5.26 Å². The zero-order valence-corrected chi connectivity index (χ0v) is 14.0. The molecule has 0 radical (unpaired) electrons. The number of hydrogen-bond donors (Lipinski definition) is 0. The van der Waals surface area contributed by atoms with Crippen molar-refractivity contribution >= 4 is 11.7 Å². The van der Waals surface area contributed by atoms with Crippen LogP contribution in [0.15, 0.2) is 24.4 Å². The number of likely N-dealkylation sites (N-methyl/N-ethyl adjacent to an activating group) is 1. The van der Waals surface area contributed by atoms with Gasteiger partial charge in [-0.3, -0.25) is 9.69 Å². The Balaban J connectivity index is 1.82. The van der Waals surface area contributed by atoms with Crippen LogP contribution in [-0.4, -0.2) is 66.5 Å². The van der Waals surface area contributed by atoms with Crippen LogP contribution in [0.3, 0.4) is 0 Å². The highest BCUT2D eigenvalue weighted by atomic mass is 16.2. The van der Waals surface area contributed by atoms with Crippen LogP contribution >= 0.6 is 0 Å². The molecular weight excluding hydrogens is 290 g/mol. The molecule has 1 saturated heterocycles. The molecular formula is C17H25N5O. The van der Waals surface area contributed by atoms with Crippen LogP contribution in [0.5, 0.6) is 0 Å². The summed E-state index contributed by atoms with van der Waals surface area (Å²) in [5.74, 6) is 1.07. The predicted octanol–water partition coefficient (Wildman–Crippen LogP) is 1.21. The lowest BCUT2D eigenvalue weighted by Gasteiger charge is -2.36. The predicted molar refractivity (Wildman–Crippen MR) is 89.9 cm³/mol. The van der Waals surface area contributed by atoms with Gasteiger partial charge in [-0.15, -0.1) is 0 Å². The first-order valence-electron chi connectivity index (χ1n) is 8.19. The number of carbonyl (C=O) groups excluding carboxylic acids is 1. The number of pyridine rings is 1. The van der Waals surface area contributed by atoms with Crippen LogP contribution in [-0.2, 0) is 4.79 Å². The molecule has 0 N–H and O–H groups in total. The standard InChI is InChI=1S/C17H25N5O/c1-3-20(13-15(2)12-18)14-17(23)22-10-8-21(9-11-22)16-6-4-5-7-19-16/h4-7,15H,3,8-11,13-14H2,1-2H3. The van der Waals surface area contributed by atoms with Crippen molar-refractivity contribution in [3.8, 4) is 6.07 Å². The van der Waals surface area contributed by atoms with E-state index in [2.05, 4.69) is 16.0 Å². The Morgan fingerprint density at radius 2 is 2.13 bits per heavy atom. The molecule has 0 spiro atoms. The van der Waals surface area contributed by atoms with Crippen LogP contribution in [0.4, 0.5) is 5.82 Å². The van der Waals surface area contributed by atoms with E-state index in [1.165, 1.54) is 0 Å². The molecule has 1 amide bonds. The highest BCUT2D eigenvalue weighted by Crippen LogP contribution is 2.12. The van der Waals surface area contributed by atoms with Gasteiger partial charge in [0, 0.05) is 38.9 Å². The van der Waals surface area contributed by atoms with E-state index in [-0.39, 0.29) is 11.8 Å². The van der Waals surface area contributed by atoms with Gasteiger partial charge in [0.1, 0.15) is 5.82 Å². The number of amides is 1. The van der Waals surface area contributed by atoms with Crippen molar-refractivity contribution in [1.82, 2.24) is 14.8 Å². The lowest BCUT2D eigenvalue weighted by Crippen LogP contribution is -2.51. The number of aromatic nitrogens is 1. The second kappa shape index (κ2) is 8.49. The molecule has 6 nitrogen and oxygen atoms in total. The fourth-order valence-electron chi connectivity index (χ4n) is 2.75. The van der Waals surface area contributed by atoms with E-state index in [1.54, 1.807) is 6.20 Å². The number of rotatable bonds is 6. The Bertz CT molecular complexity index is 534. The number of anilines is 1. The van der Waals surface area contributed by atoms with Crippen molar-refractivity contribution in [2.45, 2.75) is 13.8 Å². The van der Waals surface area contributed by atoms with Gasteiger partial charge in [0.25, 0.3) is 0 Å². The highest BCUT2D eigenvalue weighted by Gasteiger charge is 2.23. The fraction of sp³-hybridized carbons (Fsp3) is 0.588. The number of carbonyl (C=O) groups is 1. The van der Waals surface area contributed by atoms with Gasteiger partial charge in [0.2, 0.25) is 5.91 Å². The Kier molecular flexibility index (Phi) is 6.36. The summed E-state index contributed by atoms with van der Waals surface area (Å²) in [5, 5.41) is 8.92. The second-order valence-corrected chi connectivity index (χ2v) is 5.91. The van der Waals surface area contributed by atoms with Gasteiger partial charge >= 0.3 is 0 Å². The molecule has 1 aliphatic heterocycles. The second-order valence-electron chi connectivity index (χ2n) is 5.91. The number of hydrogen-bond acceptors (Lipinski definition) is 5. The van der Waals surface area contributed by atoms with Crippen molar-refractivity contribution in [2.24, 2.45) is 5.92 Å². The largest absolute Gasteiger partial charge is 0.353 e. The average Bonchev–Trinajstić information content (AvgIpc) is 2.61. The molecule has 1 aromatic rings. The van der Waals surface area contributed by atoms with Gasteiger partial charge in [-0.2, -0.15) is 5.26 Å². The smallest absolute Gasteiger partial charge is 0.236 e. The zero-order valence-electron chi connectivity index (χ0n) is 14.0. The quantitative estimate of drug-likeness (QED) is 0.789. The average molecular weight is 315 g/mol. The normalized spacial score (nSPS) is 16.3. The maximum atomic E-state index is 12.4. The Morgan fingerprint density at radius 3 is 2.70 bits per heavy atom. The van der Waals surface area contributed by atoms with Crippen molar-refractivity contribution in [3.63, 3.8) is 0 Å². The molecule has 23 heavy (non-hydrogen) atoms. The number of nitriles is 1. The summed E-state index contributed by atoms with van der Waals surface area (Å²) in [5.41, 5.74) is 0. The minimum absolute atomic E-state index is 0.0521. The SMILES string of the molecule is CCN(CC(=O)N1CCN(c2ccccn2)CC1)CC(C)C#N. The van der Waals surface area contributed by atoms with Crippen molar-refractivity contribution < 1.29 is 4.79 Å². The first kappa shape index (κ1) is 17.2. The minimum atomic E-state index is -0.0521. The van der Waals surface area contributed by atoms with E-state index in [9.17, 15) is 4.79 Å². The minimum Gasteiger partial charge on any atom is -0.353 e. The van der Waals surface area contributed by atoms with Crippen LogP contribution in [0.25, 0.3) is 0 Å². The fourth-order valence-corrected chi connectivity index (χ4v) is 2.75. The molecule has 1 atom stereocenters. The van der Waals surface area contributed by atoms with E-state index < -0.39 is 0 Å². The summed E-state index contributed by atoms with van der Waals surface area (Å²) in [4.78, 5) is 23.0. The van der Waals surface area contributed by atoms with Crippen LogP contribution in [0.2, 0.25) is 0 Å².